The number of aryl methyl sites for hydroxylation is 3. The summed E-state index contributed by atoms with van der Waals surface area (Å²) >= 11 is 0. The third-order valence-corrected chi connectivity index (χ3v) is 3.04. The third-order valence-electron chi connectivity index (χ3n) is 3.04. The first-order valence-electron chi connectivity index (χ1n) is 6.53. The van der Waals surface area contributed by atoms with Gasteiger partial charge in [-0.2, -0.15) is 5.10 Å². The van der Waals surface area contributed by atoms with Crippen molar-refractivity contribution in [3.63, 3.8) is 0 Å². The summed E-state index contributed by atoms with van der Waals surface area (Å²) in [5.74, 6) is -0.190. The van der Waals surface area contributed by atoms with E-state index in [1.165, 1.54) is 0 Å². The van der Waals surface area contributed by atoms with Crippen molar-refractivity contribution in [1.29, 1.82) is 0 Å². The fourth-order valence-corrected chi connectivity index (χ4v) is 2.04. The van der Waals surface area contributed by atoms with E-state index in [4.69, 9.17) is 0 Å². The van der Waals surface area contributed by atoms with Gasteiger partial charge in [0.2, 0.25) is 0 Å². The van der Waals surface area contributed by atoms with Crippen molar-refractivity contribution >= 4 is 17.3 Å². The zero-order chi connectivity index (χ0) is 14.7. The minimum atomic E-state index is -0.190. The van der Waals surface area contributed by atoms with Gasteiger partial charge in [0, 0.05) is 32.2 Å². The zero-order valence-corrected chi connectivity index (χ0v) is 12.2. The van der Waals surface area contributed by atoms with Gasteiger partial charge >= 0.3 is 0 Å². The number of nitrogens with zero attached hydrogens (tertiary/aromatic N) is 3. The molecular weight excluding hydrogens is 254 g/mol. The van der Waals surface area contributed by atoms with Crippen molar-refractivity contribution in [2.75, 3.05) is 17.7 Å². The van der Waals surface area contributed by atoms with Crippen molar-refractivity contribution in [3.05, 3.63) is 35.4 Å². The van der Waals surface area contributed by atoms with Crippen LogP contribution in [0.25, 0.3) is 0 Å². The molecular formula is C14H19N5O. The van der Waals surface area contributed by atoms with E-state index in [2.05, 4.69) is 20.7 Å². The number of hydrogen-bond acceptors (Lipinski definition) is 4. The van der Waals surface area contributed by atoms with Gasteiger partial charge in [-0.15, -0.1) is 0 Å². The van der Waals surface area contributed by atoms with Crippen LogP contribution in [0.3, 0.4) is 0 Å². The monoisotopic (exact) mass is 273 g/mol. The second-order valence-electron chi connectivity index (χ2n) is 4.59. The molecule has 0 saturated carbocycles. The van der Waals surface area contributed by atoms with E-state index < -0.39 is 0 Å². The van der Waals surface area contributed by atoms with E-state index in [-0.39, 0.29) is 5.91 Å². The molecule has 0 aliphatic heterocycles. The molecule has 0 bridgehead atoms. The maximum Gasteiger partial charge on any atom is 0.259 e. The van der Waals surface area contributed by atoms with Crippen LogP contribution in [-0.2, 0) is 13.5 Å². The van der Waals surface area contributed by atoms with Gasteiger partial charge in [-0.3, -0.25) is 14.5 Å². The van der Waals surface area contributed by atoms with E-state index >= 15 is 0 Å². The Hall–Kier alpha value is -2.37. The first kappa shape index (κ1) is 14.0. The Balaban J connectivity index is 2.28. The molecule has 2 aromatic heterocycles. The van der Waals surface area contributed by atoms with Gasteiger partial charge < -0.3 is 10.6 Å². The lowest BCUT2D eigenvalue weighted by atomic mass is 10.2. The number of pyridine rings is 1. The molecule has 2 heterocycles. The molecule has 0 aromatic carbocycles. The average molecular weight is 273 g/mol. The fraction of sp³-hybridized carbons (Fsp3) is 0.357. The molecule has 1 amide bonds. The average Bonchev–Trinajstić information content (AvgIpc) is 2.78. The lowest BCUT2D eigenvalue weighted by Crippen LogP contribution is -2.15. The van der Waals surface area contributed by atoms with Gasteiger partial charge in [-0.1, -0.05) is 6.92 Å². The SMILES string of the molecule is CCc1nn(C)cc1NC(=O)c1cnc(C)cc1NC. The number of nitrogens with one attached hydrogen (secondary N) is 2. The van der Waals surface area contributed by atoms with Crippen molar-refractivity contribution in [2.45, 2.75) is 20.3 Å². The van der Waals surface area contributed by atoms with Gasteiger partial charge in [-0.25, -0.2) is 0 Å². The number of amides is 1. The Kier molecular flexibility index (Phi) is 4.02. The number of rotatable bonds is 4. The Labute approximate surface area is 118 Å². The highest BCUT2D eigenvalue weighted by Crippen LogP contribution is 2.19. The van der Waals surface area contributed by atoms with Crippen LogP contribution in [0.2, 0.25) is 0 Å². The van der Waals surface area contributed by atoms with Crippen LogP contribution < -0.4 is 10.6 Å². The molecule has 0 saturated heterocycles. The highest BCUT2D eigenvalue weighted by atomic mass is 16.1. The van der Waals surface area contributed by atoms with E-state index in [0.29, 0.717) is 5.56 Å². The van der Waals surface area contributed by atoms with Crippen LogP contribution in [-0.4, -0.2) is 27.7 Å². The second kappa shape index (κ2) is 5.73. The van der Waals surface area contributed by atoms with Crippen molar-refractivity contribution in [3.8, 4) is 0 Å². The van der Waals surface area contributed by atoms with Crippen LogP contribution in [0, 0.1) is 6.92 Å². The van der Waals surface area contributed by atoms with Gasteiger partial charge in [0.15, 0.2) is 0 Å². The number of carbonyl (C=O) groups is 1. The molecule has 0 fully saturated rings. The van der Waals surface area contributed by atoms with Crippen LogP contribution in [0.1, 0.15) is 28.7 Å². The highest BCUT2D eigenvalue weighted by molar-refractivity contribution is 6.08. The summed E-state index contributed by atoms with van der Waals surface area (Å²) in [6, 6.07) is 1.85. The van der Waals surface area contributed by atoms with Crippen LogP contribution >= 0.6 is 0 Å². The fourth-order valence-electron chi connectivity index (χ4n) is 2.04. The molecule has 0 aliphatic carbocycles. The van der Waals surface area contributed by atoms with Crippen LogP contribution in [0.15, 0.2) is 18.5 Å². The lowest BCUT2D eigenvalue weighted by molar-refractivity contribution is 0.102. The summed E-state index contributed by atoms with van der Waals surface area (Å²) in [4.78, 5) is 16.5. The largest absolute Gasteiger partial charge is 0.387 e. The van der Waals surface area contributed by atoms with Crippen molar-refractivity contribution < 1.29 is 4.79 Å². The van der Waals surface area contributed by atoms with E-state index in [9.17, 15) is 4.79 Å². The standard InChI is InChI=1S/C14H19N5O/c1-5-11-13(8-19(4)18-11)17-14(20)10-7-16-9(2)6-12(10)15-3/h6-8H,5H2,1-4H3,(H,15,16)(H,17,20). The summed E-state index contributed by atoms with van der Waals surface area (Å²) in [6.07, 6.45) is 4.15. The number of aromatic nitrogens is 3. The molecule has 20 heavy (non-hydrogen) atoms. The minimum absolute atomic E-state index is 0.190. The molecule has 6 nitrogen and oxygen atoms in total. The summed E-state index contributed by atoms with van der Waals surface area (Å²) in [5.41, 5.74) is 3.75. The summed E-state index contributed by atoms with van der Waals surface area (Å²) in [7, 11) is 3.62. The van der Waals surface area contributed by atoms with Gasteiger partial charge in [0.1, 0.15) is 0 Å². The number of carbonyl (C=O) groups excluding carboxylic acids is 1. The Morgan fingerprint density at radius 3 is 2.80 bits per heavy atom. The van der Waals surface area contributed by atoms with Crippen LogP contribution in [0.4, 0.5) is 11.4 Å². The predicted octanol–water partition coefficient (Wildman–Crippen LogP) is 1.98. The molecule has 2 N–H and O–H groups in total. The predicted molar refractivity (Wildman–Crippen MR) is 79.1 cm³/mol. The summed E-state index contributed by atoms with van der Waals surface area (Å²) in [5, 5.41) is 10.2. The normalized spacial score (nSPS) is 10.4. The molecule has 0 spiro atoms. The van der Waals surface area contributed by atoms with E-state index in [0.717, 1.165) is 29.2 Å². The highest BCUT2D eigenvalue weighted by Gasteiger charge is 2.15. The molecule has 6 heteroatoms. The van der Waals surface area contributed by atoms with Crippen molar-refractivity contribution in [2.24, 2.45) is 7.05 Å². The maximum absolute atomic E-state index is 12.4. The first-order chi connectivity index (χ1) is 9.55. The van der Waals surface area contributed by atoms with E-state index in [1.54, 1.807) is 24.1 Å². The van der Waals surface area contributed by atoms with Crippen LogP contribution in [0.5, 0.6) is 0 Å². The number of anilines is 2. The summed E-state index contributed by atoms with van der Waals surface area (Å²) < 4.78 is 1.70. The molecule has 0 atom stereocenters. The molecule has 2 rings (SSSR count). The quantitative estimate of drug-likeness (QED) is 0.893. The molecule has 0 unspecified atom stereocenters. The summed E-state index contributed by atoms with van der Waals surface area (Å²) in [6.45, 7) is 3.89. The first-order valence-corrected chi connectivity index (χ1v) is 6.53. The zero-order valence-electron chi connectivity index (χ0n) is 12.2. The second-order valence-corrected chi connectivity index (χ2v) is 4.59. The smallest absolute Gasteiger partial charge is 0.259 e. The van der Waals surface area contributed by atoms with Gasteiger partial charge in [-0.05, 0) is 19.4 Å². The van der Waals surface area contributed by atoms with Crippen molar-refractivity contribution in [1.82, 2.24) is 14.8 Å². The van der Waals surface area contributed by atoms with Gasteiger partial charge in [0.05, 0.1) is 22.6 Å². The molecule has 0 radical (unpaired) electrons. The molecule has 106 valence electrons. The Morgan fingerprint density at radius 2 is 2.15 bits per heavy atom. The van der Waals surface area contributed by atoms with E-state index in [1.807, 2.05) is 27.0 Å². The Bertz CT molecular complexity index is 632. The minimum Gasteiger partial charge on any atom is -0.387 e. The third kappa shape index (κ3) is 2.79. The lowest BCUT2D eigenvalue weighted by Gasteiger charge is -2.09. The molecule has 0 aliphatic rings. The maximum atomic E-state index is 12.4. The Morgan fingerprint density at radius 1 is 1.40 bits per heavy atom. The number of hydrogen-bond donors (Lipinski definition) is 2. The molecule has 2 aromatic rings. The van der Waals surface area contributed by atoms with Gasteiger partial charge in [0.25, 0.3) is 5.91 Å². The topological polar surface area (TPSA) is 71.8 Å².